The van der Waals surface area contributed by atoms with Gasteiger partial charge >= 0.3 is 0 Å². The van der Waals surface area contributed by atoms with Crippen LogP contribution < -0.4 is 15.0 Å². The Labute approximate surface area is 216 Å². The van der Waals surface area contributed by atoms with E-state index in [-0.39, 0.29) is 12.5 Å². The molecule has 0 spiro atoms. The van der Waals surface area contributed by atoms with Crippen molar-refractivity contribution in [1.82, 2.24) is 14.9 Å². The van der Waals surface area contributed by atoms with Crippen LogP contribution in [0.5, 0.6) is 5.75 Å². The molecule has 7 nitrogen and oxygen atoms in total. The number of amides is 1. The fourth-order valence-electron chi connectivity index (χ4n) is 4.46. The largest absolute Gasteiger partial charge is 0.482 e. The molecule has 0 unspecified atom stereocenters. The third-order valence-corrected chi connectivity index (χ3v) is 6.89. The second kappa shape index (κ2) is 11.4. The summed E-state index contributed by atoms with van der Waals surface area (Å²) in [5.74, 6) is 0.889. The van der Waals surface area contributed by atoms with Crippen LogP contribution in [-0.4, -0.2) is 60.1 Å². The van der Waals surface area contributed by atoms with Gasteiger partial charge in [0.2, 0.25) is 5.95 Å². The number of fused-ring (bicyclic) bond motifs is 1. The van der Waals surface area contributed by atoms with Gasteiger partial charge in [0.25, 0.3) is 5.91 Å². The lowest BCUT2D eigenvalue weighted by Gasteiger charge is -2.36. The maximum absolute atomic E-state index is 12.4. The smallest absolute Gasteiger partial charge is 0.262 e. The normalized spacial score (nSPS) is 14.5. The summed E-state index contributed by atoms with van der Waals surface area (Å²) in [6, 6.07) is 11.2. The minimum Gasteiger partial charge on any atom is -0.482 e. The molecule has 0 saturated carbocycles. The summed E-state index contributed by atoms with van der Waals surface area (Å²) in [4.78, 5) is 26.8. The molecule has 4 rings (SSSR count). The van der Waals surface area contributed by atoms with Crippen LogP contribution in [0.25, 0.3) is 10.9 Å². The van der Waals surface area contributed by atoms with E-state index in [9.17, 15) is 4.79 Å². The van der Waals surface area contributed by atoms with Crippen molar-refractivity contribution in [3.8, 4) is 5.75 Å². The van der Waals surface area contributed by atoms with Crippen LogP contribution in [0.2, 0.25) is 10.0 Å². The number of carbonyl (C=O) groups excluding carboxylic acids is 1. The molecular weight excluding hydrogens is 485 g/mol. The molecule has 2 aromatic carbocycles. The van der Waals surface area contributed by atoms with Crippen LogP contribution in [-0.2, 0) is 4.79 Å². The summed E-state index contributed by atoms with van der Waals surface area (Å²) < 4.78 is 5.52. The summed E-state index contributed by atoms with van der Waals surface area (Å²) in [6.45, 7) is 7.07. The number of nitrogens with zero attached hydrogens (tertiary/aromatic N) is 4. The Kier molecular flexibility index (Phi) is 8.31. The van der Waals surface area contributed by atoms with Gasteiger partial charge in [-0.05, 0) is 76.2 Å². The second-order valence-electron chi connectivity index (χ2n) is 8.95. The first-order valence-corrected chi connectivity index (χ1v) is 12.7. The third kappa shape index (κ3) is 6.34. The van der Waals surface area contributed by atoms with E-state index in [0.717, 1.165) is 55.0 Å². The molecule has 9 heteroatoms. The van der Waals surface area contributed by atoms with Crippen molar-refractivity contribution in [1.29, 1.82) is 0 Å². The average molecular weight is 516 g/mol. The van der Waals surface area contributed by atoms with Crippen LogP contribution >= 0.6 is 23.2 Å². The summed E-state index contributed by atoms with van der Waals surface area (Å²) in [5.41, 5.74) is 2.41. The van der Waals surface area contributed by atoms with Gasteiger partial charge in [0.05, 0.1) is 16.2 Å². The maximum Gasteiger partial charge on any atom is 0.262 e. The Morgan fingerprint density at radius 3 is 2.66 bits per heavy atom. The Balaban J connectivity index is 1.39. The molecular formula is C26H31Cl2N5O2. The number of benzene rings is 2. The average Bonchev–Trinajstić information content (AvgIpc) is 2.84. The topological polar surface area (TPSA) is 70.6 Å². The summed E-state index contributed by atoms with van der Waals surface area (Å²) in [5, 5.41) is 4.64. The highest BCUT2D eigenvalue weighted by atomic mass is 35.5. The number of hydrogen-bond donors (Lipinski definition) is 1. The number of aryl methyl sites for hydroxylation is 1. The van der Waals surface area contributed by atoms with E-state index in [1.807, 2.05) is 25.1 Å². The molecule has 1 saturated heterocycles. The van der Waals surface area contributed by atoms with Gasteiger partial charge in [0.15, 0.2) is 6.61 Å². The van der Waals surface area contributed by atoms with Crippen molar-refractivity contribution in [3.63, 3.8) is 0 Å². The Morgan fingerprint density at radius 1 is 1.17 bits per heavy atom. The lowest BCUT2D eigenvalue weighted by atomic mass is 10.0. The predicted octanol–water partition coefficient (Wildman–Crippen LogP) is 5.57. The zero-order valence-electron chi connectivity index (χ0n) is 20.4. The van der Waals surface area contributed by atoms with Crippen LogP contribution in [0.1, 0.15) is 31.9 Å². The van der Waals surface area contributed by atoms with Gasteiger partial charge in [0, 0.05) is 35.2 Å². The molecule has 35 heavy (non-hydrogen) atoms. The minimum atomic E-state index is -0.290. The van der Waals surface area contributed by atoms with Crippen LogP contribution in [0.3, 0.4) is 0 Å². The third-order valence-electron chi connectivity index (χ3n) is 6.36. The zero-order chi connectivity index (χ0) is 24.9. The van der Waals surface area contributed by atoms with Gasteiger partial charge in [-0.15, -0.1) is 0 Å². The molecule has 1 amide bonds. The van der Waals surface area contributed by atoms with Crippen molar-refractivity contribution >= 4 is 51.6 Å². The molecule has 0 aliphatic carbocycles. The van der Waals surface area contributed by atoms with Gasteiger partial charge in [-0.25, -0.2) is 9.97 Å². The van der Waals surface area contributed by atoms with E-state index >= 15 is 0 Å². The molecule has 1 aliphatic rings. The Bertz CT molecular complexity index is 1200. The monoisotopic (exact) mass is 515 g/mol. The van der Waals surface area contributed by atoms with Crippen molar-refractivity contribution in [2.75, 3.05) is 43.5 Å². The van der Waals surface area contributed by atoms with E-state index in [4.69, 9.17) is 37.9 Å². The number of carbonyl (C=O) groups is 1. The first-order chi connectivity index (χ1) is 16.8. The van der Waals surface area contributed by atoms with Crippen molar-refractivity contribution < 1.29 is 9.53 Å². The number of rotatable bonds is 8. The maximum atomic E-state index is 12.4. The van der Waals surface area contributed by atoms with Gasteiger partial charge in [-0.2, -0.15) is 0 Å². The van der Waals surface area contributed by atoms with Gasteiger partial charge in [-0.1, -0.05) is 30.1 Å². The van der Waals surface area contributed by atoms with Gasteiger partial charge in [0.1, 0.15) is 5.75 Å². The summed E-state index contributed by atoms with van der Waals surface area (Å²) in [6.07, 6.45) is 3.41. The van der Waals surface area contributed by atoms with E-state index in [1.54, 1.807) is 18.2 Å². The number of hydrogen-bond acceptors (Lipinski definition) is 6. The van der Waals surface area contributed by atoms with Crippen LogP contribution in [0.4, 0.5) is 11.6 Å². The number of anilines is 2. The molecule has 1 aromatic heterocycles. The SMILES string of the molecule is CCCN(C)C1CCN(c2nc(C)c3cc(NC(=O)COc4ccc(Cl)cc4Cl)ccc3n2)CC1. The highest BCUT2D eigenvalue weighted by molar-refractivity contribution is 6.35. The molecule has 186 valence electrons. The molecule has 0 atom stereocenters. The molecule has 1 fully saturated rings. The van der Waals surface area contributed by atoms with Crippen LogP contribution in [0, 0.1) is 6.92 Å². The molecule has 3 aromatic rings. The van der Waals surface area contributed by atoms with E-state index in [1.165, 1.54) is 6.42 Å². The molecule has 1 aliphatic heterocycles. The number of ether oxygens (including phenoxy) is 1. The predicted molar refractivity (Wildman–Crippen MR) is 143 cm³/mol. The summed E-state index contributed by atoms with van der Waals surface area (Å²) >= 11 is 12.0. The van der Waals surface area contributed by atoms with Crippen molar-refractivity contribution in [3.05, 3.63) is 52.1 Å². The lowest BCUT2D eigenvalue weighted by molar-refractivity contribution is -0.118. The first-order valence-electron chi connectivity index (χ1n) is 12.0. The van der Waals surface area contributed by atoms with Gasteiger partial charge in [-0.3, -0.25) is 4.79 Å². The van der Waals surface area contributed by atoms with Gasteiger partial charge < -0.3 is 19.9 Å². The molecule has 1 N–H and O–H groups in total. The number of halogens is 2. The highest BCUT2D eigenvalue weighted by Gasteiger charge is 2.24. The fourth-order valence-corrected chi connectivity index (χ4v) is 4.92. The highest BCUT2D eigenvalue weighted by Crippen LogP contribution is 2.28. The Hall–Kier alpha value is -2.61. The van der Waals surface area contributed by atoms with E-state index < -0.39 is 0 Å². The van der Waals surface area contributed by atoms with Crippen molar-refractivity contribution in [2.45, 2.75) is 39.2 Å². The Morgan fingerprint density at radius 2 is 1.94 bits per heavy atom. The van der Waals surface area contributed by atoms with Crippen LogP contribution in [0.15, 0.2) is 36.4 Å². The zero-order valence-corrected chi connectivity index (χ0v) is 21.9. The molecule has 0 bridgehead atoms. The fraction of sp³-hybridized carbons (Fsp3) is 0.423. The lowest BCUT2D eigenvalue weighted by Crippen LogP contribution is -2.44. The second-order valence-corrected chi connectivity index (χ2v) is 9.80. The van der Waals surface area contributed by atoms with Crippen molar-refractivity contribution in [2.24, 2.45) is 0 Å². The number of piperidine rings is 1. The molecule has 2 heterocycles. The van der Waals surface area contributed by atoms with E-state index in [0.29, 0.717) is 27.5 Å². The molecule has 0 radical (unpaired) electrons. The standard InChI is InChI=1S/C26H31Cl2N5O2/c1-4-11-32(3)20-9-12-33(13-10-20)26-29-17(2)21-15-19(6-7-23(21)31-26)30-25(34)16-35-24-8-5-18(27)14-22(24)28/h5-8,14-15,20H,4,9-13,16H2,1-3H3,(H,30,34). The number of aromatic nitrogens is 2. The summed E-state index contributed by atoms with van der Waals surface area (Å²) in [7, 11) is 2.22. The first kappa shape index (κ1) is 25.5. The number of nitrogens with one attached hydrogen (secondary N) is 1. The quantitative estimate of drug-likeness (QED) is 0.422. The van der Waals surface area contributed by atoms with E-state index in [2.05, 4.69) is 29.1 Å². The minimum absolute atomic E-state index is 0.169.